The number of hydrogen-bond acceptors (Lipinski definition) is 3. The summed E-state index contributed by atoms with van der Waals surface area (Å²) in [5.41, 5.74) is 7.78. The van der Waals surface area contributed by atoms with Crippen molar-refractivity contribution in [3.63, 3.8) is 0 Å². The molecule has 0 radical (unpaired) electrons. The van der Waals surface area contributed by atoms with Gasteiger partial charge in [-0.15, -0.1) is 0 Å². The molecule has 110 valence electrons. The summed E-state index contributed by atoms with van der Waals surface area (Å²) in [6, 6.07) is 6.14. The van der Waals surface area contributed by atoms with Gasteiger partial charge >= 0.3 is 0 Å². The first-order chi connectivity index (χ1) is 9.63. The largest absolute Gasteiger partial charge is 0.368 e. The Hall–Kier alpha value is -1.07. The number of anilines is 1. The summed E-state index contributed by atoms with van der Waals surface area (Å²) >= 11 is 3.62. The first kappa shape index (κ1) is 15.3. The Bertz CT molecular complexity index is 478. The molecule has 0 saturated carbocycles. The number of nitrogens with two attached hydrogens (primary N) is 1. The lowest BCUT2D eigenvalue weighted by Crippen LogP contribution is -2.40. The molecule has 1 saturated heterocycles. The van der Waals surface area contributed by atoms with Gasteiger partial charge in [0.2, 0.25) is 5.91 Å². The Morgan fingerprint density at radius 1 is 1.55 bits per heavy atom. The third kappa shape index (κ3) is 3.52. The number of carbonyl (C=O) groups excluding carboxylic acids is 1. The fourth-order valence-electron chi connectivity index (χ4n) is 2.65. The van der Waals surface area contributed by atoms with Gasteiger partial charge in [-0.25, -0.2) is 0 Å². The summed E-state index contributed by atoms with van der Waals surface area (Å²) < 4.78 is 1.03. The van der Waals surface area contributed by atoms with Gasteiger partial charge in [-0.1, -0.05) is 13.0 Å². The van der Waals surface area contributed by atoms with E-state index in [1.54, 1.807) is 0 Å². The number of amides is 1. The van der Waals surface area contributed by atoms with Crippen molar-refractivity contribution in [1.82, 2.24) is 5.32 Å². The van der Waals surface area contributed by atoms with Gasteiger partial charge < -0.3 is 16.0 Å². The molecule has 0 bridgehead atoms. The van der Waals surface area contributed by atoms with Crippen LogP contribution in [0.1, 0.15) is 31.7 Å². The molecule has 20 heavy (non-hydrogen) atoms. The van der Waals surface area contributed by atoms with Crippen LogP contribution in [0.3, 0.4) is 0 Å². The number of benzene rings is 1. The zero-order valence-electron chi connectivity index (χ0n) is 11.9. The van der Waals surface area contributed by atoms with Crippen molar-refractivity contribution in [2.45, 2.75) is 38.8 Å². The molecule has 3 N–H and O–H groups in total. The number of carbonyl (C=O) groups is 1. The molecule has 5 heteroatoms. The van der Waals surface area contributed by atoms with Crippen LogP contribution in [-0.2, 0) is 11.3 Å². The molecule has 1 heterocycles. The molecule has 1 fully saturated rings. The minimum atomic E-state index is -0.233. The van der Waals surface area contributed by atoms with E-state index in [9.17, 15) is 4.79 Å². The van der Waals surface area contributed by atoms with E-state index in [0.29, 0.717) is 0 Å². The second kappa shape index (κ2) is 7.09. The van der Waals surface area contributed by atoms with Crippen LogP contribution in [0.15, 0.2) is 22.7 Å². The van der Waals surface area contributed by atoms with Crippen molar-refractivity contribution in [3.8, 4) is 0 Å². The van der Waals surface area contributed by atoms with Gasteiger partial charge in [0.05, 0.1) is 5.69 Å². The molecule has 1 atom stereocenters. The van der Waals surface area contributed by atoms with E-state index in [4.69, 9.17) is 5.73 Å². The van der Waals surface area contributed by atoms with Crippen molar-refractivity contribution >= 4 is 27.5 Å². The van der Waals surface area contributed by atoms with Gasteiger partial charge in [0.1, 0.15) is 6.04 Å². The molecule has 1 amide bonds. The molecule has 2 rings (SSSR count). The van der Waals surface area contributed by atoms with Gasteiger partial charge in [-0.05, 0) is 59.4 Å². The first-order valence-corrected chi connectivity index (χ1v) is 7.98. The normalized spacial score (nSPS) is 18.5. The molecule has 1 unspecified atom stereocenters. The second-order valence-electron chi connectivity index (χ2n) is 5.22. The van der Waals surface area contributed by atoms with Crippen molar-refractivity contribution in [2.75, 3.05) is 18.0 Å². The highest BCUT2D eigenvalue weighted by molar-refractivity contribution is 9.10. The first-order valence-electron chi connectivity index (χ1n) is 7.18. The summed E-state index contributed by atoms with van der Waals surface area (Å²) in [6.45, 7) is 4.93. The van der Waals surface area contributed by atoms with E-state index in [2.05, 4.69) is 51.3 Å². The van der Waals surface area contributed by atoms with Crippen molar-refractivity contribution < 1.29 is 4.79 Å². The Morgan fingerprint density at radius 3 is 3.00 bits per heavy atom. The van der Waals surface area contributed by atoms with E-state index in [1.807, 2.05) is 0 Å². The van der Waals surface area contributed by atoms with Crippen molar-refractivity contribution in [3.05, 3.63) is 28.2 Å². The number of nitrogens with one attached hydrogen (secondary N) is 1. The maximum absolute atomic E-state index is 11.5. The van der Waals surface area contributed by atoms with Gasteiger partial charge in [-0.2, -0.15) is 0 Å². The van der Waals surface area contributed by atoms with Crippen LogP contribution in [0.2, 0.25) is 0 Å². The fourth-order valence-corrected chi connectivity index (χ4v) is 3.31. The number of nitrogens with zero attached hydrogens (tertiary/aromatic N) is 1. The van der Waals surface area contributed by atoms with E-state index < -0.39 is 0 Å². The summed E-state index contributed by atoms with van der Waals surface area (Å²) in [5.74, 6) is -0.233. The minimum Gasteiger partial charge on any atom is -0.368 e. The lowest BCUT2D eigenvalue weighted by atomic mass is 10.1. The molecule has 1 aliphatic rings. The molecule has 1 aliphatic heterocycles. The van der Waals surface area contributed by atoms with Crippen molar-refractivity contribution in [2.24, 2.45) is 5.73 Å². The highest BCUT2D eigenvalue weighted by atomic mass is 79.9. The van der Waals surface area contributed by atoms with Crippen molar-refractivity contribution in [1.29, 1.82) is 0 Å². The standard InChI is InChI=1S/C15H22BrN3O/c1-2-7-18-10-11-5-6-13(12(16)9-11)19-8-3-4-14(19)15(17)20/h5-6,9,14,18H,2-4,7-8,10H2,1H3,(H2,17,20). The molecule has 0 aliphatic carbocycles. The summed E-state index contributed by atoms with van der Waals surface area (Å²) in [7, 11) is 0. The topological polar surface area (TPSA) is 58.4 Å². The number of hydrogen-bond donors (Lipinski definition) is 2. The third-order valence-corrected chi connectivity index (χ3v) is 4.29. The smallest absolute Gasteiger partial charge is 0.240 e. The number of primary amides is 1. The summed E-state index contributed by atoms with van der Waals surface area (Å²) in [5, 5.41) is 3.39. The predicted octanol–water partition coefficient (Wildman–Crippen LogP) is 2.40. The summed E-state index contributed by atoms with van der Waals surface area (Å²) in [6.07, 6.45) is 2.99. The molecule has 1 aromatic rings. The molecule has 0 aromatic heterocycles. The second-order valence-corrected chi connectivity index (χ2v) is 6.07. The van der Waals surface area contributed by atoms with Crippen LogP contribution in [0.4, 0.5) is 5.69 Å². The number of halogens is 1. The molecule has 4 nitrogen and oxygen atoms in total. The van der Waals surface area contributed by atoms with E-state index >= 15 is 0 Å². The predicted molar refractivity (Wildman–Crippen MR) is 85.7 cm³/mol. The van der Waals surface area contributed by atoms with Crippen LogP contribution in [0.25, 0.3) is 0 Å². The van der Waals surface area contributed by atoms with E-state index in [-0.39, 0.29) is 11.9 Å². The van der Waals surface area contributed by atoms with Gasteiger partial charge in [0.25, 0.3) is 0 Å². The Balaban J connectivity index is 2.11. The summed E-state index contributed by atoms with van der Waals surface area (Å²) in [4.78, 5) is 13.6. The molecular formula is C15H22BrN3O. The molecule has 0 spiro atoms. The Kier molecular flexibility index (Phi) is 5.43. The highest BCUT2D eigenvalue weighted by Gasteiger charge is 2.30. The van der Waals surface area contributed by atoms with Gasteiger partial charge in [0, 0.05) is 17.6 Å². The molecule has 1 aromatic carbocycles. The SMILES string of the molecule is CCCNCc1ccc(N2CCCC2C(N)=O)c(Br)c1. The van der Waals surface area contributed by atoms with E-state index in [0.717, 1.165) is 49.1 Å². The Labute approximate surface area is 128 Å². The third-order valence-electron chi connectivity index (χ3n) is 3.66. The maximum atomic E-state index is 11.5. The quantitative estimate of drug-likeness (QED) is 0.782. The monoisotopic (exact) mass is 339 g/mol. The van der Waals surface area contributed by atoms with Crippen LogP contribution in [0.5, 0.6) is 0 Å². The maximum Gasteiger partial charge on any atom is 0.240 e. The highest BCUT2D eigenvalue weighted by Crippen LogP contribution is 2.32. The lowest BCUT2D eigenvalue weighted by Gasteiger charge is -2.25. The van der Waals surface area contributed by atoms with E-state index in [1.165, 1.54) is 5.56 Å². The van der Waals surface area contributed by atoms with Crippen LogP contribution >= 0.6 is 15.9 Å². The van der Waals surface area contributed by atoms with Gasteiger partial charge in [-0.3, -0.25) is 4.79 Å². The van der Waals surface area contributed by atoms with Crippen LogP contribution in [-0.4, -0.2) is 25.0 Å². The average molecular weight is 340 g/mol. The fraction of sp³-hybridized carbons (Fsp3) is 0.533. The lowest BCUT2D eigenvalue weighted by molar-refractivity contribution is -0.119. The van der Waals surface area contributed by atoms with Gasteiger partial charge in [0.15, 0.2) is 0 Å². The number of rotatable bonds is 6. The van der Waals surface area contributed by atoms with Crippen LogP contribution in [0, 0.1) is 0 Å². The zero-order valence-corrected chi connectivity index (χ0v) is 13.4. The molecular weight excluding hydrogens is 318 g/mol. The Morgan fingerprint density at radius 2 is 2.35 bits per heavy atom. The zero-order chi connectivity index (χ0) is 14.5. The van der Waals surface area contributed by atoms with Crippen LogP contribution < -0.4 is 16.0 Å². The minimum absolute atomic E-state index is 0.171. The average Bonchev–Trinajstić information content (AvgIpc) is 2.88.